The van der Waals surface area contributed by atoms with Crippen molar-refractivity contribution >= 4 is 31.5 Å². The molecule has 0 radical (unpaired) electrons. The first-order valence-corrected chi connectivity index (χ1v) is 11.8. The van der Waals surface area contributed by atoms with Gasteiger partial charge in [-0.15, -0.1) is 0 Å². The lowest BCUT2D eigenvalue weighted by Crippen LogP contribution is -2.39. The average Bonchev–Trinajstić information content (AvgIpc) is 2.61. The molecule has 1 aliphatic heterocycles. The van der Waals surface area contributed by atoms with Gasteiger partial charge in [0.1, 0.15) is 0 Å². The predicted octanol–water partition coefficient (Wildman–Crippen LogP) is 2.71. The van der Waals surface area contributed by atoms with Gasteiger partial charge in [-0.05, 0) is 49.2 Å². The van der Waals surface area contributed by atoms with Crippen molar-refractivity contribution in [3.8, 4) is 0 Å². The molecule has 26 heavy (non-hydrogen) atoms. The van der Waals surface area contributed by atoms with Crippen LogP contribution in [0.5, 0.6) is 0 Å². The van der Waals surface area contributed by atoms with Crippen molar-refractivity contribution in [1.29, 1.82) is 0 Å². The minimum atomic E-state index is -3.67. The minimum Gasteiger partial charge on any atom is -0.260 e. The Bertz CT molecular complexity index is 1010. The van der Waals surface area contributed by atoms with Gasteiger partial charge in [-0.1, -0.05) is 11.6 Å². The lowest BCUT2D eigenvalue weighted by molar-refractivity contribution is 0.310. The fourth-order valence-corrected chi connectivity index (χ4v) is 5.74. The lowest BCUT2D eigenvalue weighted by Gasteiger charge is -2.32. The Hall–Kier alpha value is -1.48. The van der Waals surface area contributed by atoms with E-state index in [1.54, 1.807) is 6.07 Å². The van der Waals surface area contributed by atoms with E-state index in [0.29, 0.717) is 30.1 Å². The highest BCUT2D eigenvalue weighted by molar-refractivity contribution is 7.90. The smallest absolute Gasteiger partial charge is 0.243 e. The van der Waals surface area contributed by atoms with Crippen molar-refractivity contribution in [2.24, 2.45) is 0 Å². The standard InChI is InChI=1S/C17H19ClN2O4S2/c1-25(21,22)16-5-2-10-19-17(16)13-4-3-11-20(12-13)26(23,24)15-8-6-14(18)7-9-15/h2,5-10,13H,3-4,11-12H2,1H3/t13-/m0/s1. The van der Waals surface area contributed by atoms with Gasteiger partial charge in [0.15, 0.2) is 9.84 Å². The number of halogens is 1. The van der Waals surface area contributed by atoms with Gasteiger partial charge in [0.25, 0.3) is 0 Å². The van der Waals surface area contributed by atoms with Crippen molar-refractivity contribution in [3.05, 3.63) is 53.3 Å². The van der Waals surface area contributed by atoms with Crippen molar-refractivity contribution < 1.29 is 16.8 Å². The molecule has 0 unspecified atom stereocenters. The van der Waals surface area contributed by atoms with Crippen LogP contribution in [0.3, 0.4) is 0 Å². The molecule has 1 aromatic heterocycles. The van der Waals surface area contributed by atoms with Gasteiger partial charge >= 0.3 is 0 Å². The summed E-state index contributed by atoms with van der Waals surface area (Å²) in [6.45, 7) is 0.590. The normalized spacial score (nSPS) is 19.4. The van der Waals surface area contributed by atoms with Crippen LogP contribution in [0.4, 0.5) is 0 Å². The highest BCUT2D eigenvalue weighted by Gasteiger charge is 2.33. The highest BCUT2D eigenvalue weighted by Crippen LogP contribution is 2.32. The number of hydrogen-bond donors (Lipinski definition) is 0. The third-order valence-corrected chi connectivity index (χ3v) is 7.70. The summed E-state index contributed by atoms with van der Waals surface area (Å²) in [5.41, 5.74) is 0.436. The van der Waals surface area contributed by atoms with E-state index >= 15 is 0 Å². The van der Waals surface area contributed by atoms with Crippen LogP contribution in [0.25, 0.3) is 0 Å². The molecular weight excluding hydrogens is 396 g/mol. The fraction of sp³-hybridized carbons (Fsp3) is 0.353. The summed E-state index contributed by atoms with van der Waals surface area (Å²) in [5, 5.41) is 0.465. The number of nitrogens with zero attached hydrogens (tertiary/aromatic N) is 2. The largest absolute Gasteiger partial charge is 0.260 e. The van der Waals surface area contributed by atoms with E-state index in [1.165, 1.54) is 40.8 Å². The number of sulfone groups is 1. The van der Waals surface area contributed by atoms with E-state index in [1.807, 2.05) is 0 Å². The maximum atomic E-state index is 12.9. The van der Waals surface area contributed by atoms with Crippen LogP contribution < -0.4 is 0 Å². The van der Waals surface area contributed by atoms with Crippen molar-refractivity contribution in [3.63, 3.8) is 0 Å². The van der Waals surface area contributed by atoms with Crippen molar-refractivity contribution in [2.75, 3.05) is 19.3 Å². The molecule has 0 aliphatic carbocycles. The van der Waals surface area contributed by atoms with Gasteiger partial charge in [0.05, 0.1) is 15.5 Å². The molecule has 0 bridgehead atoms. The van der Waals surface area contributed by atoms with Gasteiger partial charge in [-0.25, -0.2) is 16.8 Å². The monoisotopic (exact) mass is 414 g/mol. The Balaban J connectivity index is 1.92. The number of hydrogen-bond acceptors (Lipinski definition) is 5. The third-order valence-electron chi connectivity index (χ3n) is 4.42. The zero-order valence-electron chi connectivity index (χ0n) is 14.2. The molecule has 3 rings (SSSR count). The van der Waals surface area contributed by atoms with Gasteiger partial charge in [-0.2, -0.15) is 4.31 Å². The van der Waals surface area contributed by atoms with Crippen LogP contribution in [0.1, 0.15) is 24.5 Å². The summed E-state index contributed by atoms with van der Waals surface area (Å²) >= 11 is 5.84. The summed E-state index contributed by atoms with van der Waals surface area (Å²) in [6.07, 6.45) is 4.00. The van der Waals surface area contributed by atoms with E-state index in [9.17, 15) is 16.8 Å². The summed E-state index contributed by atoms with van der Waals surface area (Å²) < 4.78 is 51.3. The van der Waals surface area contributed by atoms with Crippen molar-refractivity contribution in [2.45, 2.75) is 28.6 Å². The van der Waals surface area contributed by atoms with Gasteiger partial charge in [-0.3, -0.25) is 4.98 Å². The molecular formula is C17H19ClN2O4S2. The van der Waals surface area contributed by atoms with Crippen LogP contribution in [0.15, 0.2) is 52.4 Å². The Kier molecular flexibility index (Phi) is 5.39. The highest BCUT2D eigenvalue weighted by atomic mass is 35.5. The summed E-state index contributed by atoms with van der Waals surface area (Å²) in [5.74, 6) is -0.267. The van der Waals surface area contributed by atoms with Crippen LogP contribution in [-0.4, -0.2) is 45.5 Å². The molecule has 0 amide bonds. The SMILES string of the molecule is CS(=O)(=O)c1cccnc1[C@H]1CCCN(S(=O)(=O)c2ccc(Cl)cc2)C1. The fourth-order valence-electron chi connectivity index (χ4n) is 3.16. The molecule has 1 fully saturated rings. The second-order valence-corrected chi connectivity index (χ2v) is 10.7. The molecule has 1 aliphatic rings. The van der Waals surface area contributed by atoms with Gasteiger partial charge < -0.3 is 0 Å². The van der Waals surface area contributed by atoms with Crippen LogP contribution in [0.2, 0.25) is 5.02 Å². The number of benzene rings is 1. The number of pyridine rings is 1. The zero-order chi connectivity index (χ0) is 18.9. The van der Waals surface area contributed by atoms with Gasteiger partial charge in [0, 0.05) is 36.5 Å². The van der Waals surface area contributed by atoms with Crippen LogP contribution in [0, 0.1) is 0 Å². The lowest BCUT2D eigenvalue weighted by atomic mass is 9.95. The molecule has 1 aromatic carbocycles. The topological polar surface area (TPSA) is 84.4 Å². The molecule has 2 heterocycles. The Morgan fingerprint density at radius 2 is 1.81 bits per heavy atom. The van der Waals surface area contributed by atoms with E-state index in [4.69, 9.17) is 11.6 Å². The first-order chi connectivity index (χ1) is 12.2. The number of rotatable bonds is 4. The molecule has 6 nitrogen and oxygen atoms in total. The Morgan fingerprint density at radius 3 is 2.46 bits per heavy atom. The first kappa shape index (κ1) is 19.3. The van der Waals surface area contributed by atoms with E-state index in [-0.39, 0.29) is 22.3 Å². The molecule has 140 valence electrons. The molecule has 0 N–H and O–H groups in total. The van der Waals surface area contributed by atoms with Crippen molar-refractivity contribution in [1.82, 2.24) is 9.29 Å². The first-order valence-electron chi connectivity index (χ1n) is 8.10. The quantitative estimate of drug-likeness (QED) is 0.767. The Labute approximate surface area is 158 Å². The third kappa shape index (κ3) is 3.93. The van der Waals surface area contributed by atoms with E-state index in [0.717, 1.165) is 6.26 Å². The molecule has 0 spiro atoms. The zero-order valence-corrected chi connectivity index (χ0v) is 16.6. The van der Waals surface area contributed by atoms with E-state index in [2.05, 4.69) is 4.98 Å². The molecule has 1 atom stereocenters. The molecule has 1 saturated heterocycles. The minimum absolute atomic E-state index is 0.163. The maximum absolute atomic E-state index is 12.9. The van der Waals surface area contributed by atoms with Crippen LogP contribution in [-0.2, 0) is 19.9 Å². The molecule has 0 saturated carbocycles. The molecule has 2 aromatic rings. The summed E-state index contributed by atoms with van der Waals surface area (Å²) in [4.78, 5) is 4.59. The average molecular weight is 415 g/mol. The number of piperidine rings is 1. The number of aromatic nitrogens is 1. The summed E-state index contributed by atoms with van der Waals surface area (Å²) in [6, 6.07) is 9.12. The van der Waals surface area contributed by atoms with Crippen LogP contribution >= 0.6 is 11.6 Å². The second-order valence-electron chi connectivity index (χ2n) is 6.32. The van der Waals surface area contributed by atoms with E-state index < -0.39 is 19.9 Å². The second kappa shape index (κ2) is 7.26. The van der Waals surface area contributed by atoms with Gasteiger partial charge in [0.2, 0.25) is 10.0 Å². The molecule has 9 heteroatoms. The maximum Gasteiger partial charge on any atom is 0.243 e. The number of sulfonamides is 1. The Morgan fingerprint density at radius 1 is 1.12 bits per heavy atom. The predicted molar refractivity (Wildman–Crippen MR) is 99.5 cm³/mol. The summed E-state index contributed by atoms with van der Waals surface area (Å²) in [7, 11) is -7.11.